The van der Waals surface area contributed by atoms with Crippen LogP contribution in [0, 0.1) is 0 Å². The highest BCUT2D eigenvalue weighted by Crippen LogP contribution is 2.28. The molecule has 0 radical (unpaired) electrons. The highest BCUT2D eigenvalue weighted by molar-refractivity contribution is 5.87. The molecule has 0 bridgehead atoms. The second kappa shape index (κ2) is 12.8. The number of nitrogens with zero attached hydrogens (tertiary/aromatic N) is 2. The van der Waals surface area contributed by atoms with Gasteiger partial charge in [-0.15, -0.1) is 0 Å². The molecule has 4 rings (SSSR count). The first kappa shape index (κ1) is 26.7. The van der Waals surface area contributed by atoms with Gasteiger partial charge in [0, 0.05) is 36.8 Å². The summed E-state index contributed by atoms with van der Waals surface area (Å²) in [6, 6.07) is 26.1. The standard InChI is InChI=1S/C32H34N2O4/c1-24(19-32(36)37)13-14-27-21-34(22-31(35)33(2)18-17-25-9-5-3-6-10-25)30-16-15-28(20-29(27)30)38-23-26-11-7-4-8-12-26/h3-12,15-16,19-21H,13-14,17-18,22-23H2,1-2H3,(H,36,37). The molecule has 0 aliphatic heterocycles. The Hall–Kier alpha value is -4.32. The van der Waals surface area contributed by atoms with Crippen LogP contribution in [0.3, 0.4) is 0 Å². The molecular formula is C32H34N2O4. The summed E-state index contributed by atoms with van der Waals surface area (Å²) in [7, 11) is 1.84. The lowest BCUT2D eigenvalue weighted by atomic mass is 10.0. The summed E-state index contributed by atoms with van der Waals surface area (Å²) >= 11 is 0. The van der Waals surface area contributed by atoms with E-state index in [2.05, 4.69) is 12.1 Å². The minimum atomic E-state index is -0.939. The van der Waals surface area contributed by atoms with Gasteiger partial charge >= 0.3 is 5.97 Å². The van der Waals surface area contributed by atoms with E-state index in [-0.39, 0.29) is 12.5 Å². The smallest absolute Gasteiger partial charge is 0.328 e. The van der Waals surface area contributed by atoms with Gasteiger partial charge in [0.1, 0.15) is 18.9 Å². The number of allylic oxidation sites excluding steroid dienone is 1. The third kappa shape index (κ3) is 7.35. The van der Waals surface area contributed by atoms with Crippen molar-refractivity contribution < 1.29 is 19.4 Å². The summed E-state index contributed by atoms with van der Waals surface area (Å²) in [5.41, 5.74) is 5.10. The summed E-state index contributed by atoms with van der Waals surface area (Å²) < 4.78 is 8.05. The number of ether oxygens (including phenoxy) is 1. The highest BCUT2D eigenvalue weighted by atomic mass is 16.5. The SMILES string of the molecule is CC(=CC(=O)O)CCc1cn(CC(=O)N(C)CCc2ccccc2)c2ccc(OCc3ccccc3)cc12. The number of aliphatic carboxylic acids is 1. The Morgan fingerprint density at radius 1 is 0.947 bits per heavy atom. The Kier molecular flexibility index (Phi) is 8.98. The molecule has 196 valence electrons. The van der Waals surface area contributed by atoms with Gasteiger partial charge in [-0.3, -0.25) is 4.79 Å². The van der Waals surface area contributed by atoms with Crippen LogP contribution in [0.25, 0.3) is 10.9 Å². The number of rotatable bonds is 12. The molecular weight excluding hydrogens is 476 g/mol. The molecule has 0 saturated carbocycles. The summed E-state index contributed by atoms with van der Waals surface area (Å²) in [4.78, 5) is 25.9. The van der Waals surface area contributed by atoms with E-state index >= 15 is 0 Å². The second-order valence-corrected chi connectivity index (χ2v) is 9.62. The molecule has 6 heteroatoms. The van der Waals surface area contributed by atoms with Crippen molar-refractivity contribution in [2.75, 3.05) is 13.6 Å². The number of amides is 1. The molecule has 0 atom stereocenters. The number of fused-ring (bicyclic) bond motifs is 1. The minimum Gasteiger partial charge on any atom is -0.489 e. The zero-order chi connectivity index (χ0) is 26.9. The van der Waals surface area contributed by atoms with Crippen LogP contribution in [0.1, 0.15) is 30.0 Å². The molecule has 4 aromatic rings. The van der Waals surface area contributed by atoms with Crippen molar-refractivity contribution in [1.82, 2.24) is 9.47 Å². The summed E-state index contributed by atoms with van der Waals surface area (Å²) in [6.07, 6.45) is 5.35. The largest absolute Gasteiger partial charge is 0.489 e. The third-order valence-electron chi connectivity index (χ3n) is 6.65. The first-order valence-electron chi connectivity index (χ1n) is 12.9. The molecule has 1 amide bonds. The van der Waals surface area contributed by atoms with E-state index in [4.69, 9.17) is 9.84 Å². The maximum Gasteiger partial charge on any atom is 0.328 e. The van der Waals surface area contributed by atoms with Crippen molar-refractivity contribution in [3.05, 3.63) is 113 Å². The number of benzene rings is 3. The van der Waals surface area contributed by atoms with Crippen molar-refractivity contribution in [3.8, 4) is 5.75 Å². The predicted octanol–water partition coefficient (Wildman–Crippen LogP) is 5.88. The molecule has 0 spiro atoms. The molecule has 1 aromatic heterocycles. The zero-order valence-corrected chi connectivity index (χ0v) is 22.0. The molecule has 6 nitrogen and oxygen atoms in total. The van der Waals surface area contributed by atoms with Crippen LogP contribution in [0.5, 0.6) is 5.75 Å². The van der Waals surface area contributed by atoms with Crippen LogP contribution in [-0.2, 0) is 35.6 Å². The topological polar surface area (TPSA) is 71.8 Å². The maximum atomic E-state index is 13.1. The number of likely N-dealkylation sites (N-methyl/N-ethyl adjacent to an activating group) is 1. The molecule has 38 heavy (non-hydrogen) atoms. The summed E-state index contributed by atoms with van der Waals surface area (Å²) in [6.45, 7) is 3.17. The fraction of sp³-hybridized carbons (Fsp3) is 0.250. The van der Waals surface area contributed by atoms with Crippen molar-refractivity contribution >= 4 is 22.8 Å². The number of aromatic nitrogens is 1. The van der Waals surface area contributed by atoms with Gasteiger partial charge in [0.05, 0.1) is 0 Å². The van der Waals surface area contributed by atoms with Gasteiger partial charge in [-0.2, -0.15) is 0 Å². The molecule has 0 saturated heterocycles. The lowest BCUT2D eigenvalue weighted by Gasteiger charge is -2.18. The number of carboxylic acid groups (broad SMARTS) is 1. The zero-order valence-electron chi connectivity index (χ0n) is 22.0. The Morgan fingerprint density at radius 2 is 1.63 bits per heavy atom. The maximum absolute atomic E-state index is 13.1. The van der Waals surface area contributed by atoms with E-state index in [1.807, 2.05) is 91.5 Å². The third-order valence-corrected chi connectivity index (χ3v) is 6.65. The van der Waals surface area contributed by atoms with Gasteiger partial charge in [0.25, 0.3) is 0 Å². The lowest BCUT2D eigenvalue weighted by molar-refractivity contribution is -0.132. The van der Waals surface area contributed by atoms with E-state index < -0.39 is 5.97 Å². The van der Waals surface area contributed by atoms with Crippen LogP contribution in [-0.4, -0.2) is 40.0 Å². The van der Waals surface area contributed by atoms with Crippen LogP contribution in [0.15, 0.2) is 96.7 Å². The van der Waals surface area contributed by atoms with Gasteiger partial charge in [0.15, 0.2) is 0 Å². The number of hydrogen-bond donors (Lipinski definition) is 1. The van der Waals surface area contributed by atoms with E-state index in [0.29, 0.717) is 26.0 Å². The predicted molar refractivity (Wildman–Crippen MR) is 150 cm³/mol. The van der Waals surface area contributed by atoms with Gasteiger partial charge in [-0.1, -0.05) is 66.2 Å². The monoisotopic (exact) mass is 510 g/mol. The quantitative estimate of drug-likeness (QED) is 0.242. The van der Waals surface area contributed by atoms with Crippen LogP contribution < -0.4 is 4.74 Å². The number of hydrogen-bond acceptors (Lipinski definition) is 3. The number of carboxylic acids is 1. The van der Waals surface area contributed by atoms with E-state index in [1.54, 1.807) is 4.90 Å². The van der Waals surface area contributed by atoms with Gasteiger partial charge in [0.2, 0.25) is 5.91 Å². The van der Waals surface area contributed by atoms with Crippen LogP contribution in [0.2, 0.25) is 0 Å². The number of carbonyl (C=O) groups excluding carboxylic acids is 1. The number of carbonyl (C=O) groups is 2. The van der Waals surface area contributed by atoms with Crippen LogP contribution in [0.4, 0.5) is 0 Å². The normalized spacial score (nSPS) is 11.5. The Bertz CT molecular complexity index is 1410. The summed E-state index contributed by atoms with van der Waals surface area (Å²) in [5.74, 6) is -0.147. The first-order chi connectivity index (χ1) is 18.4. The van der Waals surface area contributed by atoms with Crippen molar-refractivity contribution in [1.29, 1.82) is 0 Å². The van der Waals surface area contributed by atoms with E-state index in [0.717, 1.165) is 39.8 Å². The van der Waals surface area contributed by atoms with Gasteiger partial charge in [-0.25, -0.2) is 4.79 Å². The lowest BCUT2D eigenvalue weighted by Crippen LogP contribution is -2.31. The highest BCUT2D eigenvalue weighted by Gasteiger charge is 2.15. The van der Waals surface area contributed by atoms with Gasteiger partial charge in [-0.05, 0) is 61.1 Å². The Labute approximate surface area is 223 Å². The fourth-order valence-corrected chi connectivity index (χ4v) is 4.46. The minimum absolute atomic E-state index is 0.0377. The number of aryl methyl sites for hydroxylation is 1. The molecule has 1 heterocycles. The average molecular weight is 511 g/mol. The molecule has 0 aliphatic rings. The van der Waals surface area contributed by atoms with Crippen LogP contribution >= 0.6 is 0 Å². The average Bonchev–Trinajstić information content (AvgIpc) is 3.26. The first-order valence-corrected chi connectivity index (χ1v) is 12.9. The van der Waals surface area contributed by atoms with Gasteiger partial charge < -0.3 is 19.3 Å². The fourth-order valence-electron chi connectivity index (χ4n) is 4.46. The Morgan fingerprint density at radius 3 is 2.32 bits per heavy atom. The van der Waals surface area contributed by atoms with E-state index in [9.17, 15) is 9.59 Å². The molecule has 1 N–H and O–H groups in total. The Balaban J connectivity index is 1.52. The van der Waals surface area contributed by atoms with Crippen molar-refractivity contribution in [3.63, 3.8) is 0 Å². The van der Waals surface area contributed by atoms with E-state index in [1.165, 1.54) is 11.6 Å². The molecule has 0 unspecified atom stereocenters. The second-order valence-electron chi connectivity index (χ2n) is 9.62. The van der Waals surface area contributed by atoms with Crippen molar-refractivity contribution in [2.45, 2.75) is 39.3 Å². The molecule has 3 aromatic carbocycles. The molecule has 0 aliphatic carbocycles. The van der Waals surface area contributed by atoms with Crippen molar-refractivity contribution in [2.24, 2.45) is 0 Å². The molecule has 0 fully saturated rings. The summed E-state index contributed by atoms with van der Waals surface area (Å²) in [5, 5.41) is 10.1.